The fourth-order valence-electron chi connectivity index (χ4n) is 5.43. The number of nitrogens with zero attached hydrogens (tertiary/aromatic N) is 5. The lowest BCUT2D eigenvalue weighted by molar-refractivity contribution is -0.132. The Morgan fingerprint density at radius 1 is 1.09 bits per heavy atom. The predicted octanol–water partition coefficient (Wildman–Crippen LogP) is 7.05. The number of hydrogen-bond acceptors (Lipinski definition) is 10. The van der Waals surface area contributed by atoms with Crippen LogP contribution in [0.3, 0.4) is 0 Å². The molecule has 47 heavy (non-hydrogen) atoms. The maximum absolute atomic E-state index is 14.2. The smallest absolute Gasteiger partial charge is 0.301 e. The van der Waals surface area contributed by atoms with Gasteiger partial charge in [-0.15, -0.1) is 10.2 Å². The monoisotopic (exact) mass is 673 g/mol. The quantitative estimate of drug-likeness (QED) is 0.0393. The molecule has 10 nitrogen and oxygen atoms in total. The van der Waals surface area contributed by atoms with Crippen molar-refractivity contribution in [1.29, 1.82) is 0 Å². The van der Waals surface area contributed by atoms with Crippen molar-refractivity contribution in [3.63, 3.8) is 0 Å². The first-order chi connectivity index (χ1) is 22.7. The number of rotatable bonds is 11. The van der Waals surface area contributed by atoms with E-state index in [2.05, 4.69) is 22.1 Å². The first-order valence-electron chi connectivity index (χ1n) is 15.0. The van der Waals surface area contributed by atoms with E-state index >= 15 is 0 Å². The van der Waals surface area contributed by atoms with Crippen LogP contribution in [0.1, 0.15) is 53.9 Å². The Morgan fingerprint density at radius 2 is 1.89 bits per heavy atom. The number of amides is 1. The maximum Gasteiger partial charge on any atom is 0.301 e. The van der Waals surface area contributed by atoms with Crippen molar-refractivity contribution in [2.24, 2.45) is 0 Å². The van der Waals surface area contributed by atoms with Crippen LogP contribution < -0.4 is 14.4 Å². The molecule has 3 aromatic heterocycles. The minimum absolute atomic E-state index is 0.142. The molecule has 1 N–H and O–H groups in total. The van der Waals surface area contributed by atoms with Gasteiger partial charge in [-0.25, -0.2) is 9.37 Å². The van der Waals surface area contributed by atoms with Gasteiger partial charge in [0.25, 0.3) is 5.78 Å². The van der Waals surface area contributed by atoms with E-state index in [9.17, 15) is 19.1 Å². The molecule has 242 valence electrons. The maximum atomic E-state index is 14.2. The van der Waals surface area contributed by atoms with Crippen LogP contribution in [0.15, 0.2) is 70.7 Å². The Hall–Kier alpha value is -4.75. The molecule has 5 aromatic rings. The summed E-state index contributed by atoms with van der Waals surface area (Å²) in [5.74, 6) is -1.29. The average Bonchev–Trinajstić information content (AvgIpc) is 3.75. The summed E-state index contributed by atoms with van der Waals surface area (Å²) < 4.78 is 28.1. The van der Waals surface area contributed by atoms with E-state index in [1.54, 1.807) is 43.3 Å². The van der Waals surface area contributed by atoms with Gasteiger partial charge in [-0.3, -0.25) is 14.5 Å². The number of ketones is 1. The molecule has 6 rings (SSSR count). The third kappa shape index (κ3) is 6.08. The topological polar surface area (TPSA) is 119 Å². The van der Waals surface area contributed by atoms with Gasteiger partial charge in [0.05, 0.1) is 31.0 Å². The Labute approximate surface area is 278 Å². The summed E-state index contributed by atoms with van der Waals surface area (Å²) in [4.78, 5) is 33.6. The number of aliphatic hydroxyl groups excluding tert-OH is 1. The number of aryl methyl sites for hydroxylation is 2. The predicted molar refractivity (Wildman–Crippen MR) is 179 cm³/mol. The number of thioether (sulfide) groups is 1. The van der Waals surface area contributed by atoms with Crippen molar-refractivity contribution in [2.75, 3.05) is 18.6 Å². The van der Waals surface area contributed by atoms with E-state index in [0.717, 1.165) is 29.7 Å². The van der Waals surface area contributed by atoms with Gasteiger partial charge in [0.1, 0.15) is 17.2 Å². The van der Waals surface area contributed by atoms with E-state index in [4.69, 9.17) is 9.47 Å². The van der Waals surface area contributed by atoms with Crippen molar-refractivity contribution < 1.29 is 28.6 Å². The molecule has 1 atom stereocenters. The zero-order chi connectivity index (χ0) is 33.2. The van der Waals surface area contributed by atoms with Crippen LogP contribution in [0.4, 0.5) is 9.52 Å². The van der Waals surface area contributed by atoms with Gasteiger partial charge in [-0.2, -0.15) is 0 Å². The number of fused-ring (bicyclic) bond motifs is 1. The third-order valence-electron chi connectivity index (χ3n) is 7.92. The third-order valence-corrected chi connectivity index (χ3v) is 10.0. The fraction of sp³-hybridized carbons (Fsp3) is 0.265. The summed E-state index contributed by atoms with van der Waals surface area (Å²) in [6, 6.07) is 14.3. The van der Waals surface area contributed by atoms with E-state index in [1.807, 2.05) is 29.7 Å². The molecule has 13 heteroatoms. The van der Waals surface area contributed by atoms with Crippen molar-refractivity contribution in [3.8, 4) is 11.5 Å². The molecule has 2 aromatic carbocycles. The van der Waals surface area contributed by atoms with Crippen LogP contribution in [0.25, 0.3) is 11.4 Å². The van der Waals surface area contributed by atoms with Crippen molar-refractivity contribution in [2.45, 2.75) is 49.7 Å². The number of methoxy groups -OCH3 is 1. The molecule has 0 saturated carbocycles. The number of hydrogen-bond donors (Lipinski definition) is 1. The van der Waals surface area contributed by atoms with Crippen LogP contribution >= 0.6 is 23.1 Å². The largest absolute Gasteiger partial charge is 0.505 e. The molecule has 0 bridgehead atoms. The SMILES string of the molecule is CCCCOc1ccc(C2/C(=C(\O)c3nc4c(C)cccn4c3C)C(=O)C(=O)N2c2nnc(SCc3ccccc3F)s2)cc1OC. The first-order valence-corrected chi connectivity index (χ1v) is 16.8. The zero-order valence-electron chi connectivity index (χ0n) is 26.2. The van der Waals surface area contributed by atoms with Crippen LogP contribution in [0.5, 0.6) is 11.5 Å². The van der Waals surface area contributed by atoms with Crippen molar-refractivity contribution in [3.05, 3.63) is 100 Å². The average molecular weight is 674 g/mol. The second-order valence-corrected chi connectivity index (χ2v) is 13.1. The van der Waals surface area contributed by atoms with E-state index < -0.39 is 23.5 Å². The summed E-state index contributed by atoms with van der Waals surface area (Å²) >= 11 is 2.36. The van der Waals surface area contributed by atoms with Crippen LogP contribution in [-0.4, -0.2) is 50.1 Å². The standard InChI is InChI=1S/C34H32FN5O5S2/c1-5-6-16-45-24-14-13-21(17-25(24)44-4)28-26(29(41)27-20(3)39-15-9-10-19(2)31(39)36-27)30(42)32(43)40(28)33-37-38-34(47-33)46-18-22-11-7-8-12-23(22)35/h7-15,17,28,41H,5-6,16,18H2,1-4H3/b29-26+. The molecular formula is C34H32FN5O5S2. The minimum atomic E-state index is -1.09. The number of imidazole rings is 1. The number of pyridine rings is 1. The Morgan fingerprint density at radius 3 is 2.64 bits per heavy atom. The number of carbonyl (C=O) groups is 2. The molecule has 0 aliphatic carbocycles. The number of unbranched alkanes of at least 4 members (excludes halogenated alkanes) is 1. The number of benzene rings is 2. The molecule has 0 radical (unpaired) electrons. The Bertz CT molecular complexity index is 2020. The van der Waals surface area contributed by atoms with Gasteiger partial charge in [-0.1, -0.05) is 66.8 Å². The number of halogens is 1. The summed E-state index contributed by atoms with van der Waals surface area (Å²) in [5, 5.41) is 20.5. The fourth-order valence-corrected chi connectivity index (χ4v) is 7.29. The molecule has 1 saturated heterocycles. The highest BCUT2D eigenvalue weighted by Crippen LogP contribution is 2.46. The molecule has 1 amide bonds. The van der Waals surface area contributed by atoms with Crippen LogP contribution in [-0.2, 0) is 15.3 Å². The lowest BCUT2D eigenvalue weighted by Crippen LogP contribution is -2.29. The van der Waals surface area contributed by atoms with Gasteiger partial charge >= 0.3 is 5.91 Å². The summed E-state index contributed by atoms with van der Waals surface area (Å²) in [5.41, 5.74) is 3.13. The molecule has 1 unspecified atom stereocenters. The highest BCUT2D eigenvalue weighted by Gasteiger charge is 2.49. The van der Waals surface area contributed by atoms with Crippen molar-refractivity contribution >= 4 is 51.3 Å². The second-order valence-electron chi connectivity index (χ2n) is 10.9. The summed E-state index contributed by atoms with van der Waals surface area (Å²) in [6.07, 6.45) is 3.64. The molecule has 1 fully saturated rings. The van der Waals surface area contributed by atoms with Crippen LogP contribution in [0.2, 0.25) is 0 Å². The number of aromatic nitrogens is 4. The Balaban J connectivity index is 1.45. The number of aliphatic hydroxyl groups is 1. The summed E-state index contributed by atoms with van der Waals surface area (Å²) in [7, 11) is 1.51. The minimum Gasteiger partial charge on any atom is -0.505 e. The van der Waals surface area contributed by atoms with Gasteiger partial charge in [0, 0.05) is 11.9 Å². The van der Waals surface area contributed by atoms with Crippen LogP contribution in [0, 0.1) is 19.7 Å². The molecule has 0 spiro atoms. The first kappa shape index (κ1) is 32.2. The molecular weight excluding hydrogens is 642 g/mol. The Kier molecular flexibility index (Phi) is 9.28. The lowest BCUT2D eigenvalue weighted by atomic mass is 9.96. The van der Waals surface area contributed by atoms with Gasteiger partial charge < -0.3 is 19.0 Å². The number of Topliss-reactive ketones (excluding diaryl/α,β-unsaturated/α-hetero) is 1. The van der Waals surface area contributed by atoms with E-state index in [0.29, 0.717) is 50.7 Å². The molecule has 4 heterocycles. The number of anilines is 1. The molecule has 1 aliphatic rings. The summed E-state index contributed by atoms with van der Waals surface area (Å²) in [6.45, 7) is 6.25. The van der Waals surface area contributed by atoms with Gasteiger partial charge in [0.15, 0.2) is 21.6 Å². The van der Waals surface area contributed by atoms with Crippen molar-refractivity contribution in [1.82, 2.24) is 19.6 Å². The van der Waals surface area contributed by atoms with E-state index in [1.165, 1.54) is 29.8 Å². The normalized spacial score (nSPS) is 15.9. The molecule has 1 aliphatic heterocycles. The van der Waals surface area contributed by atoms with Gasteiger partial charge in [-0.05, 0) is 61.2 Å². The number of carbonyl (C=O) groups excluding carboxylic acids is 2. The highest BCUT2D eigenvalue weighted by molar-refractivity contribution is 8.00. The van der Waals surface area contributed by atoms with Gasteiger partial charge in [0.2, 0.25) is 5.13 Å². The lowest BCUT2D eigenvalue weighted by Gasteiger charge is -2.23. The second kappa shape index (κ2) is 13.5. The van der Waals surface area contributed by atoms with E-state index in [-0.39, 0.29) is 22.2 Å². The zero-order valence-corrected chi connectivity index (χ0v) is 27.8. The number of ether oxygens (including phenoxy) is 2. The highest BCUT2D eigenvalue weighted by atomic mass is 32.2.